The molecule has 1 N–H and O–H groups in total. The molecular formula is C17H27BrN2O. The molecule has 0 aliphatic carbocycles. The van der Waals surface area contributed by atoms with Crippen LogP contribution in [0.25, 0.3) is 0 Å². The highest BCUT2D eigenvalue weighted by Gasteiger charge is 2.19. The summed E-state index contributed by atoms with van der Waals surface area (Å²) in [5, 5.41) is 3.45. The minimum absolute atomic E-state index is 0.398. The van der Waals surface area contributed by atoms with E-state index in [1.54, 1.807) is 0 Å². The van der Waals surface area contributed by atoms with Crippen molar-refractivity contribution in [2.75, 3.05) is 26.7 Å². The van der Waals surface area contributed by atoms with Gasteiger partial charge in [-0.15, -0.1) is 0 Å². The van der Waals surface area contributed by atoms with E-state index in [-0.39, 0.29) is 0 Å². The minimum Gasteiger partial charge on any atom is -0.380 e. The second-order valence-electron chi connectivity index (χ2n) is 5.84. The summed E-state index contributed by atoms with van der Waals surface area (Å²) in [6.45, 7) is 7.43. The van der Waals surface area contributed by atoms with Gasteiger partial charge in [-0.3, -0.25) is 4.90 Å². The molecular weight excluding hydrogens is 328 g/mol. The first-order chi connectivity index (χ1) is 10.2. The van der Waals surface area contributed by atoms with E-state index < -0.39 is 0 Å². The molecule has 118 valence electrons. The highest BCUT2D eigenvalue weighted by molar-refractivity contribution is 9.10. The van der Waals surface area contributed by atoms with Gasteiger partial charge < -0.3 is 10.1 Å². The van der Waals surface area contributed by atoms with Crippen molar-refractivity contribution in [2.24, 2.45) is 0 Å². The Kier molecular flexibility index (Phi) is 7.17. The van der Waals surface area contributed by atoms with Crippen molar-refractivity contribution in [1.29, 1.82) is 0 Å². The third-order valence-corrected chi connectivity index (χ3v) is 4.80. The Balaban J connectivity index is 1.91. The molecule has 0 aromatic heterocycles. The van der Waals surface area contributed by atoms with E-state index in [1.807, 2.05) is 7.11 Å². The molecule has 1 atom stereocenters. The van der Waals surface area contributed by atoms with Crippen LogP contribution in [-0.2, 0) is 17.8 Å². The van der Waals surface area contributed by atoms with Crippen molar-refractivity contribution in [3.63, 3.8) is 0 Å². The summed E-state index contributed by atoms with van der Waals surface area (Å²) >= 11 is 3.73. The van der Waals surface area contributed by atoms with Crippen LogP contribution in [0.4, 0.5) is 0 Å². The number of benzene rings is 1. The Bertz CT molecular complexity index is 439. The molecule has 1 aliphatic heterocycles. The first-order valence-electron chi connectivity index (χ1n) is 7.96. The van der Waals surface area contributed by atoms with E-state index in [9.17, 15) is 0 Å². The van der Waals surface area contributed by atoms with Gasteiger partial charge in [0.2, 0.25) is 0 Å². The lowest BCUT2D eigenvalue weighted by molar-refractivity contribution is 0.0285. The second kappa shape index (κ2) is 8.89. The zero-order chi connectivity index (χ0) is 15.1. The molecule has 4 heteroatoms. The lowest BCUT2D eigenvalue weighted by Gasteiger charge is -2.32. The molecule has 0 radical (unpaired) electrons. The summed E-state index contributed by atoms with van der Waals surface area (Å²) in [4.78, 5) is 2.49. The third-order valence-electron chi connectivity index (χ3n) is 4.06. The number of hydrogen-bond acceptors (Lipinski definition) is 3. The van der Waals surface area contributed by atoms with E-state index in [4.69, 9.17) is 4.74 Å². The SMILES string of the molecule is CCCNCc1ccc(CN2CCCC(OC)C2)c(Br)c1. The zero-order valence-electron chi connectivity index (χ0n) is 13.2. The van der Waals surface area contributed by atoms with Gasteiger partial charge in [-0.05, 0) is 49.5 Å². The molecule has 1 saturated heterocycles. The van der Waals surface area contributed by atoms with E-state index in [0.717, 1.165) is 26.2 Å². The van der Waals surface area contributed by atoms with Gasteiger partial charge in [-0.25, -0.2) is 0 Å². The van der Waals surface area contributed by atoms with Gasteiger partial charge in [0.25, 0.3) is 0 Å². The summed E-state index contributed by atoms with van der Waals surface area (Å²) in [5.74, 6) is 0. The second-order valence-corrected chi connectivity index (χ2v) is 6.69. The molecule has 0 saturated carbocycles. The lowest BCUT2D eigenvalue weighted by atomic mass is 10.1. The van der Waals surface area contributed by atoms with Crippen LogP contribution in [0.3, 0.4) is 0 Å². The van der Waals surface area contributed by atoms with E-state index in [0.29, 0.717) is 6.10 Å². The molecule has 1 unspecified atom stereocenters. The average molecular weight is 355 g/mol. The summed E-state index contributed by atoms with van der Waals surface area (Å²) in [6, 6.07) is 6.74. The molecule has 0 amide bonds. The Morgan fingerprint density at radius 1 is 1.43 bits per heavy atom. The van der Waals surface area contributed by atoms with E-state index in [1.165, 1.54) is 41.4 Å². The third kappa shape index (κ3) is 5.37. The molecule has 1 aliphatic rings. The lowest BCUT2D eigenvalue weighted by Crippen LogP contribution is -2.38. The first-order valence-corrected chi connectivity index (χ1v) is 8.75. The van der Waals surface area contributed by atoms with Gasteiger partial charge in [0, 0.05) is 31.2 Å². The smallest absolute Gasteiger partial charge is 0.0698 e. The maximum atomic E-state index is 5.50. The number of ether oxygens (including phenoxy) is 1. The fourth-order valence-electron chi connectivity index (χ4n) is 2.83. The fraction of sp³-hybridized carbons (Fsp3) is 0.647. The predicted octanol–water partition coefficient (Wildman–Crippen LogP) is 3.56. The molecule has 1 fully saturated rings. The van der Waals surface area contributed by atoms with Crippen LogP contribution in [0.5, 0.6) is 0 Å². The molecule has 1 heterocycles. The minimum atomic E-state index is 0.398. The van der Waals surface area contributed by atoms with E-state index >= 15 is 0 Å². The topological polar surface area (TPSA) is 24.5 Å². The predicted molar refractivity (Wildman–Crippen MR) is 91.4 cm³/mol. The number of hydrogen-bond donors (Lipinski definition) is 1. The van der Waals surface area contributed by atoms with Gasteiger partial charge in [-0.1, -0.05) is 35.0 Å². The molecule has 1 aromatic rings. The molecule has 0 bridgehead atoms. The summed E-state index contributed by atoms with van der Waals surface area (Å²) in [6.07, 6.45) is 4.00. The fourth-order valence-corrected chi connectivity index (χ4v) is 3.38. The van der Waals surface area contributed by atoms with Crippen LogP contribution in [0.15, 0.2) is 22.7 Å². The number of likely N-dealkylation sites (tertiary alicyclic amines) is 1. The number of nitrogens with one attached hydrogen (secondary N) is 1. The van der Waals surface area contributed by atoms with Gasteiger partial charge in [-0.2, -0.15) is 0 Å². The van der Waals surface area contributed by atoms with Gasteiger partial charge in [0.1, 0.15) is 0 Å². The van der Waals surface area contributed by atoms with Crippen LogP contribution < -0.4 is 5.32 Å². The van der Waals surface area contributed by atoms with E-state index in [2.05, 4.69) is 51.3 Å². The van der Waals surface area contributed by atoms with Crippen LogP contribution >= 0.6 is 15.9 Å². The standard InChI is InChI=1S/C17H27BrN2O/c1-3-8-19-11-14-6-7-15(17(18)10-14)12-20-9-4-5-16(13-20)21-2/h6-7,10,16,19H,3-5,8-9,11-13H2,1-2H3. The average Bonchev–Trinajstić information content (AvgIpc) is 2.50. The summed E-state index contributed by atoms with van der Waals surface area (Å²) < 4.78 is 6.72. The largest absolute Gasteiger partial charge is 0.380 e. The van der Waals surface area contributed by atoms with Crippen LogP contribution in [0, 0.1) is 0 Å². The molecule has 2 rings (SSSR count). The van der Waals surface area contributed by atoms with Crippen LogP contribution in [0.2, 0.25) is 0 Å². The van der Waals surface area contributed by atoms with Gasteiger partial charge in [0.05, 0.1) is 6.10 Å². The molecule has 1 aromatic carbocycles. The summed E-state index contributed by atoms with van der Waals surface area (Å²) in [5.41, 5.74) is 2.71. The Morgan fingerprint density at radius 3 is 3.00 bits per heavy atom. The monoisotopic (exact) mass is 354 g/mol. The van der Waals surface area contributed by atoms with Crippen LogP contribution in [0.1, 0.15) is 37.3 Å². The number of halogens is 1. The first kappa shape index (κ1) is 16.9. The molecule has 21 heavy (non-hydrogen) atoms. The van der Waals surface area contributed by atoms with Crippen molar-refractivity contribution in [2.45, 2.75) is 45.4 Å². The number of methoxy groups -OCH3 is 1. The van der Waals surface area contributed by atoms with Gasteiger partial charge >= 0.3 is 0 Å². The van der Waals surface area contributed by atoms with Crippen LogP contribution in [-0.4, -0.2) is 37.7 Å². The normalized spacial score (nSPS) is 19.9. The van der Waals surface area contributed by atoms with Crippen molar-refractivity contribution in [1.82, 2.24) is 10.2 Å². The highest BCUT2D eigenvalue weighted by atomic mass is 79.9. The van der Waals surface area contributed by atoms with Crippen molar-refractivity contribution < 1.29 is 4.74 Å². The Morgan fingerprint density at radius 2 is 2.29 bits per heavy atom. The number of rotatable bonds is 7. The van der Waals surface area contributed by atoms with Crippen molar-refractivity contribution >= 4 is 15.9 Å². The molecule has 3 nitrogen and oxygen atoms in total. The quantitative estimate of drug-likeness (QED) is 0.757. The maximum absolute atomic E-state index is 5.50. The Labute approximate surface area is 137 Å². The molecule has 0 spiro atoms. The summed E-state index contributed by atoms with van der Waals surface area (Å²) in [7, 11) is 1.82. The number of piperidine rings is 1. The van der Waals surface area contributed by atoms with Crippen molar-refractivity contribution in [3.8, 4) is 0 Å². The zero-order valence-corrected chi connectivity index (χ0v) is 14.8. The number of nitrogens with zero attached hydrogens (tertiary/aromatic N) is 1. The Hall–Kier alpha value is -0.420. The van der Waals surface area contributed by atoms with Gasteiger partial charge in [0.15, 0.2) is 0 Å². The van der Waals surface area contributed by atoms with Crippen molar-refractivity contribution in [3.05, 3.63) is 33.8 Å². The highest BCUT2D eigenvalue weighted by Crippen LogP contribution is 2.22. The maximum Gasteiger partial charge on any atom is 0.0698 e.